The number of rotatable bonds is 8. The predicted octanol–water partition coefficient (Wildman–Crippen LogP) is 2.53. The Balaban J connectivity index is 4.99. The molecule has 0 spiro atoms. The molecule has 116 valence electrons. The molecule has 0 bridgehead atoms. The van der Waals surface area contributed by atoms with Gasteiger partial charge in [-0.1, -0.05) is 13.8 Å². The monoisotopic (exact) mass is 282 g/mol. The minimum Gasteiger partial charge on any atom is -0.385 e. The van der Waals surface area contributed by atoms with Crippen LogP contribution in [-0.4, -0.2) is 35.8 Å². The highest BCUT2D eigenvalue weighted by Crippen LogP contribution is 2.16. The van der Waals surface area contributed by atoms with E-state index >= 15 is 0 Å². The van der Waals surface area contributed by atoms with Crippen molar-refractivity contribution in [1.82, 2.24) is 0 Å². The quantitative estimate of drug-likeness (QED) is 0.406. The molecule has 0 aromatic rings. The third kappa shape index (κ3) is 6.12. The van der Waals surface area contributed by atoms with Gasteiger partial charge in [0.05, 0.1) is 0 Å². The number of amidine groups is 2. The molecule has 0 aromatic carbocycles. The molecule has 0 aliphatic carbocycles. The highest BCUT2D eigenvalue weighted by molar-refractivity contribution is 5.90. The maximum absolute atomic E-state index is 5.96. The highest BCUT2D eigenvalue weighted by Gasteiger charge is 2.27. The maximum atomic E-state index is 5.96. The molecule has 6 nitrogen and oxygen atoms in total. The Labute approximate surface area is 122 Å². The van der Waals surface area contributed by atoms with Crippen LogP contribution in [0.4, 0.5) is 0 Å². The lowest BCUT2D eigenvalue weighted by atomic mass is 10.0. The molecule has 0 unspecified atom stereocenters. The molecule has 0 saturated heterocycles. The van der Waals surface area contributed by atoms with Gasteiger partial charge in [-0.3, -0.25) is 9.98 Å². The topological polar surface area (TPSA) is 101 Å². The summed E-state index contributed by atoms with van der Waals surface area (Å²) < 4.78 is 0. The van der Waals surface area contributed by atoms with E-state index in [1.54, 1.807) is 0 Å². The summed E-state index contributed by atoms with van der Waals surface area (Å²) >= 11 is 0. The van der Waals surface area contributed by atoms with Crippen molar-refractivity contribution in [1.29, 1.82) is 0 Å². The van der Waals surface area contributed by atoms with E-state index < -0.39 is 11.1 Å². The smallest absolute Gasteiger partial charge is 0.132 e. The fraction of sp³-hybridized carbons (Fsp3) is 0.857. The number of aliphatic imine (C=N–C) groups is 2. The molecule has 0 aromatic heterocycles. The van der Waals surface area contributed by atoms with Crippen LogP contribution in [0.1, 0.15) is 54.4 Å². The molecule has 20 heavy (non-hydrogen) atoms. The molecule has 4 N–H and O–H groups in total. The second-order valence-electron chi connectivity index (χ2n) is 5.85. The summed E-state index contributed by atoms with van der Waals surface area (Å²) in [6, 6.07) is 0. The summed E-state index contributed by atoms with van der Waals surface area (Å²) in [6.45, 7) is 13.1. The van der Waals surface area contributed by atoms with Gasteiger partial charge in [0.2, 0.25) is 0 Å². The van der Waals surface area contributed by atoms with Crippen LogP contribution in [0.25, 0.3) is 0 Å². The summed E-state index contributed by atoms with van der Waals surface area (Å²) in [6.07, 6.45) is 1.91. The number of azo groups is 1. The van der Waals surface area contributed by atoms with Gasteiger partial charge >= 0.3 is 0 Å². The van der Waals surface area contributed by atoms with Crippen molar-refractivity contribution in [2.75, 3.05) is 13.1 Å². The number of nitrogens with two attached hydrogens (primary N) is 2. The largest absolute Gasteiger partial charge is 0.385 e. The molecule has 0 fully saturated rings. The van der Waals surface area contributed by atoms with Gasteiger partial charge in [-0.25, -0.2) is 0 Å². The van der Waals surface area contributed by atoms with Crippen molar-refractivity contribution >= 4 is 11.7 Å². The lowest BCUT2D eigenvalue weighted by molar-refractivity contribution is 0.557. The summed E-state index contributed by atoms with van der Waals surface area (Å²) in [5, 5.41) is 8.64. The van der Waals surface area contributed by atoms with Gasteiger partial charge in [-0.05, 0) is 40.5 Å². The lowest BCUT2D eigenvalue weighted by Crippen LogP contribution is -2.40. The van der Waals surface area contributed by atoms with Gasteiger partial charge in [0.1, 0.15) is 22.7 Å². The second kappa shape index (κ2) is 7.97. The van der Waals surface area contributed by atoms with E-state index in [-0.39, 0.29) is 0 Å². The summed E-state index contributed by atoms with van der Waals surface area (Å²) in [5.41, 5.74) is 10.7. The van der Waals surface area contributed by atoms with Gasteiger partial charge in [0.25, 0.3) is 0 Å². The normalized spacial score (nSPS) is 15.1. The minimum absolute atomic E-state index is 0.489. The molecular weight excluding hydrogens is 252 g/mol. The standard InChI is InChI=1S/C14H30N6/c1-7-9-17-11(15)13(3,4)19-20-14(5,6)12(16)18-10-8-2/h7-10H2,1-6H3,(H2,15,17)(H2,16,18). The Morgan fingerprint density at radius 3 is 1.30 bits per heavy atom. The molecule has 0 radical (unpaired) electrons. The van der Waals surface area contributed by atoms with Crippen LogP contribution in [0.3, 0.4) is 0 Å². The fourth-order valence-electron chi connectivity index (χ4n) is 1.20. The number of nitrogens with zero attached hydrogens (tertiary/aromatic N) is 4. The zero-order valence-corrected chi connectivity index (χ0v) is 13.8. The molecule has 0 aliphatic heterocycles. The third-order valence-electron chi connectivity index (χ3n) is 2.82. The van der Waals surface area contributed by atoms with Crippen LogP contribution < -0.4 is 11.5 Å². The first-order valence-electron chi connectivity index (χ1n) is 7.22. The molecule has 0 atom stereocenters. The van der Waals surface area contributed by atoms with Crippen LogP contribution in [0.15, 0.2) is 20.2 Å². The van der Waals surface area contributed by atoms with Crippen molar-refractivity contribution in [3.8, 4) is 0 Å². The SMILES string of the molecule is CCCN=C(N)C(C)(C)N=NC(C)(C)C(N)=NCCC. The summed E-state index contributed by atoms with van der Waals surface area (Å²) in [5.74, 6) is 0.978. The average molecular weight is 282 g/mol. The van der Waals surface area contributed by atoms with Crippen LogP contribution in [-0.2, 0) is 0 Å². The van der Waals surface area contributed by atoms with E-state index in [1.165, 1.54) is 0 Å². The molecule has 0 aliphatic rings. The molecular formula is C14H30N6. The van der Waals surface area contributed by atoms with E-state index in [4.69, 9.17) is 11.5 Å². The van der Waals surface area contributed by atoms with Crippen LogP contribution in [0.2, 0.25) is 0 Å². The third-order valence-corrected chi connectivity index (χ3v) is 2.82. The zero-order chi connectivity index (χ0) is 15.8. The van der Waals surface area contributed by atoms with Gasteiger partial charge < -0.3 is 11.5 Å². The molecule has 6 heteroatoms. The predicted molar refractivity (Wildman–Crippen MR) is 86.6 cm³/mol. The van der Waals surface area contributed by atoms with Crippen molar-refractivity contribution in [3.63, 3.8) is 0 Å². The second-order valence-corrected chi connectivity index (χ2v) is 5.85. The Hall–Kier alpha value is -1.46. The van der Waals surface area contributed by atoms with Gasteiger partial charge in [-0.15, -0.1) is 0 Å². The Bertz CT molecular complexity index is 343. The van der Waals surface area contributed by atoms with E-state index in [0.717, 1.165) is 12.8 Å². The van der Waals surface area contributed by atoms with Crippen molar-refractivity contribution in [3.05, 3.63) is 0 Å². The molecule has 0 heterocycles. The first kappa shape index (κ1) is 18.5. The Morgan fingerprint density at radius 2 is 1.05 bits per heavy atom. The number of hydrogen-bond acceptors (Lipinski definition) is 4. The maximum Gasteiger partial charge on any atom is 0.132 e. The van der Waals surface area contributed by atoms with Crippen molar-refractivity contribution in [2.24, 2.45) is 31.7 Å². The zero-order valence-electron chi connectivity index (χ0n) is 13.8. The van der Waals surface area contributed by atoms with Gasteiger partial charge in [0.15, 0.2) is 0 Å². The first-order chi connectivity index (χ1) is 9.17. The first-order valence-corrected chi connectivity index (χ1v) is 7.22. The minimum atomic E-state index is -0.628. The van der Waals surface area contributed by atoms with E-state index in [2.05, 4.69) is 34.1 Å². The van der Waals surface area contributed by atoms with E-state index in [1.807, 2.05) is 27.7 Å². The molecule has 0 rings (SSSR count). The van der Waals surface area contributed by atoms with Crippen LogP contribution in [0.5, 0.6) is 0 Å². The highest BCUT2D eigenvalue weighted by atomic mass is 15.2. The van der Waals surface area contributed by atoms with E-state index in [9.17, 15) is 0 Å². The summed E-state index contributed by atoms with van der Waals surface area (Å²) in [4.78, 5) is 8.58. The van der Waals surface area contributed by atoms with Crippen molar-refractivity contribution < 1.29 is 0 Å². The van der Waals surface area contributed by atoms with Gasteiger partial charge in [-0.2, -0.15) is 10.2 Å². The lowest BCUT2D eigenvalue weighted by Gasteiger charge is -2.22. The Kier molecular flexibility index (Phi) is 7.39. The fourth-order valence-corrected chi connectivity index (χ4v) is 1.20. The van der Waals surface area contributed by atoms with Gasteiger partial charge in [0, 0.05) is 13.1 Å². The number of hydrogen-bond donors (Lipinski definition) is 2. The summed E-state index contributed by atoms with van der Waals surface area (Å²) in [7, 11) is 0. The van der Waals surface area contributed by atoms with Crippen LogP contribution >= 0.6 is 0 Å². The van der Waals surface area contributed by atoms with Crippen LogP contribution in [0, 0.1) is 0 Å². The van der Waals surface area contributed by atoms with Crippen molar-refractivity contribution in [2.45, 2.75) is 65.5 Å². The molecule has 0 saturated carbocycles. The van der Waals surface area contributed by atoms with E-state index in [0.29, 0.717) is 24.8 Å². The molecule has 0 amide bonds. The Morgan fingerprint density at radius 1 is 0.750 bits per heavy atom. The average Bonchev–Trinajstić information content (AvgIpc) is 2.39.